The van der Waals surface area contributed by atoms with Gasteiger partial charge in [0.05, 0.1) is 11.6 Å². The summed E-state index contributed by atoms with van der Waals surface area (Å²) in [7, 11) is 0. The number of nitriles is 1. The lowest BCUT2D eigenvalue weighted by Gasteiger charge is -2.13. The van der Waals surface area contributed by atoms with Gasteiger partial charge < -0.3 is 10.1 Å². The molecule has 0 spiro atoms. The van der Waals surface area contributed by atoms with Gasteiger partial charge in [-0.15, -0.1) is 11.3 Å². The lowest BCUT2D eigenvalue weighted by atomic mass is 10.1. The molecular weight excluding hydrogens is 336 g/mol. The number of nitrogens with zero attached hydrogens (tertiary/aromatic N) is 1. The number of esters is 1. The average Bonchev–Trinajstić information content (AvgIpc) is 2.97. The first-order valence-corrected chi connectivity index (χ1v) is 8.87. The van der Waals surface area contributed by atoms with Crippen molar-refractivity contribution < 1.29 is 14.3 Å². The minimum Gasteiger partial charge on any atom is -0.448 e. The smallest absolute Gasteiger partial charge is 0.349 e. The number of aryl methyl sites for hydroxylation is 2. The van der Waals surface area contributed by atoms with Crippen LogP contribution in [0.25, 0.3) is 0 Å². The van der Waals surface area contributed by atoms with Gasteiger partial charge in [-0.05, 0) is 56.2 Å². The van der Waals surface area contributed by atoms with Crippen LogP contribution in [-0.2, 0) is 16.0 Å². The molecule has 0 aliphatic heterocycles. The molecule has 0 saturated carbocycles. The van der Waals surface area contributed by atoms with Gasteiger partial charge in [0.1, 0.15) is 4.88 Å². The van der Waals surface area contributed by atoms with Gasteiger partial charge in [0.25, 0.3) is 5.91 Å². The Kier molecular flexibility index (Phi) is 6.31. The third-order valence-electron chi connectivity index (χ3n) is 3.68. The largest absolute Gasteiger partial charge is 0.448 e. The molecule has 0 radical (unpaired) electrons. The summed E-state index contributed by atoms with van der Waals surface area (Å²) >= 11 is 1.39. The molecule has 1 aromatic heterocycles. The molecule has 0 fully saturated rings. The zero-order chi connectivity index (χ0) is 18.4. The van der Waals surface area contributed by atoms with Gasteiger partial charge in [-0.2, -0.15) is 5.26 Å². The van der Waals surface area contributed by atoms with Crippen LogP contribution in [-0.4, -0.2) is 18.0 Å². The molecule has 0 bridgehead atoms. The first kappa shape index (κ1) is 18.7. The van der Waals surface area contributed by atoms with Crippen LogP contribution >= 0.6 is 11.3 Å². The summed E-state index contributed by atoms with van der Waals surface area (Å²) in [5, 5.41) is 11.4. The van der Waals surface area contributed by atoms with Crippen LogP contribution in [0.4, 0.5) is 5.69 Å². The number of hydrogen-bond acceptors (Lipinski definition) is 5. The highest BCUT2D eigenvalue weighted by molar-refractivity contribution is 7.14. The third-order valence-corrected chi connectivity index (χ3v) is 4.75. The molecule has 1 heterocycles. The third kappa shape index (κ3) is 4.91. The zero-order valence-corrected chi connectivity index (χ0v) is 15.3. The van der Waals surface area contributed by atoms with Crippen molar-refractivity contribution in [2.24, 2.45) is 0 Å². The number of amides is 1. The van der Waals surface area contributed by atoms with Gasteiger partial charge in [0.15, 0.2) is 6.10 Å². The van der Waals surface area contributed by atoms with Crippen molar-refractivity contribution in [2.75, 3.05) is 5.32 Å². The highest BCUT2D eigenvalue weighted by Gasteiger charge is 2.21. The summed E-state index contributed by atoms with van der Waals surface area (Å²) in [5.74, 6) is -0.905. The van der Waals surface area contributed by atoms with Crippen molar-refractivity contribution in [1.29, 1.82) is 5.26 Å². The van der Waals surface area contributed by atoms with Crippen LogP contribution in [0.1, 0.15) is 45.9 Å². The second kappa shape index (κ2) is 8.45. The van der Waals surface area contributed by atoms with E-state index in [0.717, 1.165) is 23.3 Å². The zero-order valence-electron chi connectivity index (χ0n) is 14.5. The number of carbonyl (C=O) groups excluding carboxylic acids is 2. The predicted octanol–water partition coefficient (Wildman–Crippen LogP) is 4.06. The fourth-order valence-electron chi connectivity index (χ4n) is 2.28. The fraction of sp³-hybridized carbons (Fsp3) is 0.316. The highest BCUT2D eigenvalue weighted by Crippen LogP contribution is 2.24. The standard InChI is InChI=1S/C19H20N2O3S/c1-4-5-15-10-17(25-13(15)3)19(23)24-12(2)18(22)21-16-8-6-14(11-20)7-9-16/h6-10,12H,4-5H2,1-3H3,(H,21,22)/t12-/m0/s1. The predicted molar refractivity (Wildman–Crippen MR) is 97.7 cm³/mol. The number of hydrogen-bond donors (Lipinski definition) is 1. The van der Waals surface area contributed by atoms with E-state index in [1.54, 1.807) is 24.3 Å². The summed E-state index contributed by atoms with van der Waals surface area (Å²) in [6.45, 7) is 5.60. The van der Waals surface area contributed by atoms with Crippen molar-refractivity contribution in [2.45, 2.75) is 39.7 Å². The quantitative estimate of drug-likeness (QED) is 0.792. The summed E-state index contributed by atoms with van der Waals surface area (Å²) in [4.78, 5) is 26.0. The van der Waals surface area contributed by atoms with E-state index in [9.17, 15) is 9.59 Å². The molecule has 0 aliphatic carbocycles. The second-order valence-electron chi connectivity index (χ2n) is 5.67. The molecule has 6 heteroatoms. The van der Waals surface area contributed by atoms with E-state index in [4.69, 9.17) is 10.00 Å². The van der Waals surface area contributed by atoms with E-state index >= 15 is 0 Å². The number of thiophene rings is 1. The van der Waals surface area contributed by atoms with E-state index in [-0.39, 0.29) is 0 Å². The minimum absolute atomic E-state index is 0.417. The molecular formula is C19H20N2O3S. The summed E-state index contributed by atoms with van der Waals surface area (Å²) < 4.78 is 5.27. The van der Waals surface area contributed by atoms with E-state index in [0.29, 0.717) is 16.1 Å². The molecule has 0 saturated heterocycles. The summed E-state index contributed by atoms with van der Waals surface area (Å²) in [5.41, 5.74) is 2.20. The van der Waals surface area contributed by atoms with Gasteiger partial charge in [-0.3, -0.25) is 4.79 Å². The van der Waals surface area contributed by atoms with Crippen molar-refractivity contribution in [3.8, 4) is 6.07 Å². The summed E-state index contributed by atoms with van der Waals surface area (Å²) in [6, 6.07) is 10.3. The topological polar surface area (TPSA) is 79.2 Å². The molecule has 2 rings (SSSR count). The molecule has 130 valence electrons. The van der Waals surface area contributed by atoms with Gasteiger partial charge >= 0.3 is 5.97 Å². The molecule has 1 aromatic carbocycles. The first-order chi connectivity index (χ1) is 11.9. The fourth-order valence-corrected chi connectivity index (χ4v) is 3.24. The number of ether oxygens (including phenoxy) is 1. The van der Waals surface area contributed by atoms with E-state index in [1.807, 2.05) is 19.1 Å². The molecule has 2 aromatic rings. The maximum atomic E-state index is 12.2. The highest BCUT2D eigenvalue weighted by atomic mass is 32.1. The Morgan fingerprint density at radius 3 is 2.60 bits per heavy atom. The Balaban J connectivity index is 1.96. The number of anilines is 1. The van der Waals surface area contributed by atoms with Crippen molar-refractivity contribution >= 4 is 28.9 Å². The van der Waals surface area contributed by atoms with Crippen LogP contribution in [0, 0.1) is 18.3 Å². The Morgan fingerprint density at radius 1 is 1.32 bits per heavy atom. The minimum atomic E-state index is -0.917. The Hall–Kier alpha value is -2.65. The maximum absolute atomic E-state index is 12.2. The number of carbonyl (C=O) groups is 2. The van der Waals surface area contributed by atoms with Crippen LogP contribution in [0.15, 0.2) is 30.3 Å². The Labute approximate surface area is 151 Å². The van der Waals surface area contributed by atoms with Gasteiger partial charge in [0.2, 0.25) is 0 Å². The SMILES string of the molecule is CCCc1cc(C(=O)O[C@@H](C)C(=O)Nc2ccc(C#N)cc2)sc1C. The van der Waals surface area contributed by atoms with Crippen LogP contribution in [0.5, 0.6) is 0 Å². The van der Waals surface area contributed by atoms with Gasteiger partial charge in [-0.1, -0.05) is 13.3 Å². The Bertz CT molecular complexity index is 803. The van der Waals surface area contributed by atoms with Crippen LogP contribution in [0.3, 0.4) is 0 Å². The van der Waals surface area contributed by atoms with Crippen molar-refractivity contribution in [1.82, 2.24) is 0 Å². The molecule has 0 unspecified atom stereocenters. The number of rotatable bonds is 6. The lowest BCUT2D eigenvalue weighted by Crippen LogP contribution is -2.29. The second-order valence-corrected chi connectivity index (χ2v) is 6.92. The normalized spacial score (nSPS) is 11.4. The summed E-state index contributed by atoms with van der Waals surface area (Å²) in [6.07, 6.45) is 1.01. The molecule has 1 amide bonds. The van der Waals surface area contributed by atoms with Crippen molar-refractivity contribution in [3.05, 3.63) is 51.2 Å². The molecule has 1 atom stereocenters. The lowest BCUT2D eigenvalue weighted by molar-refractivity contribution is -0.123. The first-order valence-electron chi connectivity index (χ1n) is 8.06. The van der Waals surface area contributed by atoms with E-state index in [2.05, 4.69) is 12.2 Å². The van der Waals surface area contributed by atoms with Crippen molar-refractivity contribution in [3.63, 3.8) is 0 Å². The molecule has 0 aliphatic rings. The van der Waals surface area contributed by atoms with Gasteiger partial charge in [-0.25, -0.2) is 4.79 Å². The molecule has 1 N–H and O–H groups in total. The van der Waals surface area contributed by atoms with E-state index < -0.39 is 18.0 Å². The monoisotopic (exact) mass is 356 g/mol. The molecule has 25 heavy (non-hydrogen) atoms. The maximum Gasteiger partial charge on any atom is 0.349 e. The number of benzene rings is 1. The molecule has 5 nitrogen and oxygen atoms in total. The van der Waals surface area contributed by atoms with Crippen LogP contribution < -0.4 is 5.32 Å². The number of nitrogens with one attached hydrogen (secondary N) is 1. The van der Waals surface area contributed by atoms with Crippen LogP contribution in [0.2, 0.25) is 0 Å². The van der Waals surface area contributed by atoms with Gasteiger partial charge in [0, 0.05) is 10.6 Å². The Morgan fingerprint density at radius 2 is 2.00 bits per heavy atom. The average molecular weight is 356 g/mol. The van der Waals surface area contributed by atoms with E-state index in [1.165, 1.54) is 18.3 Å².